The first-order valence-corrected chi connectivity index (χ1v) is 11.8. The first kappa shape index (κ1) is 26.9. The first-order chi connectivity index (χ1) is 17.3. The van der Waals surface area contributed by atoms with E-state index in [0.29, 0.717) is 27.0 Å². The Bertz CT molecular complexity index is 1350. The molecule has 184 valence electrons. The summed E-state index contributed by atoms with van der Waals surface area (Å²) >= 11 is 18.4. The molecule has 0 unspecified atom stereocenters. The summed E-state index contributed by atoms with van der Waals surface area (Å²) in [6, 6.07) is 18.3. The van der Waals surface area contributed by atoms with Crippen LogP contribution in [-0.4, -0.2) is 25.0 Å². The highest BCUT2D eigenvalue weighted by Gasteiger charge is 2.16. The number of para-hydroxylation sites is 1. The molecule has 0 radical (unpaired) electrons. The van der Waals surface area contributed by atoms with Gasteiger partial charge in [-0.05, 0) is 61.0 Å². The number of rotatable bonds is 9. The van der Waals surface area contributed by atoms with E-state index in [0.717, 1.165) is 0 Å². The van der Waals surface area contributed by atoms with Crippen LogP contribution in [0.25, 0.3) is 6.08 Å². The lowest BCUT2D eigenvalue weighted by Crippen LogP contribution is -2.20. The molecular formula is C26H20Cl3N3O4. The Labute approximate surface area is 223 Å². The average Bonchev–Trinajstić information content (AvgIpc) is 2.83. The van der Waals surface area contributed by atoms with E-state index in [9.17, 15) is 14.9 Å². The van der Waals surface area contributed by atoms with Crippen LogP contribution in [0.1, 0.15) is 12.5 Å². The summed E-state index contributed by atoms with van der Waals surface area (Å²) in [5, 5.41) is 15.8. The van der Waals surface area contributed by atoms with Crippen molar-refractivity contribution in [3.8, 4) is 17.6 Å². The topological polar surface area (TPSA) is 100 Å². The molecule has 2 amide bonds. The number of amides is 2. The molecule has 0 heterocycles. The van der Waals surface area contributed by atoms with E-state index in [2.05, 4.69) is 10.6 Å². The highest BCUT2D eigenvalue weighted by molar-refractivity contribution is 6.34. The number of ether oxygens (including phenoxy) is 2. The van der Waals surface area contributed by atoms with Crippen molar-refractivity contribution in [3.05, 3.63) is 86.9 Å². The van der Waals surface area contributed by atoms with Gasteiger partial charge in [-0.2, -0.15) is 5.26 Å². The Morgan fingerprint density at radius 3 is 2.44 bits per heavy atom. The van der Waals surface area contributed by atoms with E-state index in [1.807, 2.05) is 6.07 Å². The van der Waals surface area contributed by atoms with E-state index in [4.69, 9.17) is 44.3 Å². The Hall–Kier alpha value is -3.70. The van der Waals surface area contributed by atoms with Crippen molar-refractivity contribution in [2.24, 2.45) is 0 Å². The zero-order chi connectivity index (χ0) is 26.1. The van der Waals surface area contributed by atoms with Crippen molar-refractivity contribution in [2.75, 3.05) is 23.8 Å². The molecule has 0 aliphatic carbocycles. The molecule has 0 aliphatic heterocycles. The molecule has 0 bridgehead atoms. The number of benzene rings is 3. The summed E-state index contributed by atoms with van der Waals surface area (Å²) in [6.45, 7) is 1.70. The quantitative estimate of drug-likeness (QED) is 0.233. The fourth-order valence-electron chi connectivity index (χ4n) is 3.04. The van der Waals surface area contributed by atoms with Crippen LogP contribution in [0, 0.1) is 11.3 Å². The van der Waals surface area contributed by atoms with Crippen LogP contribution in [0.2, 0.25) is 15.1 Å². The van der Waals surface area contributed by atoms with Gasteiger partial charge in [0, 0.05) is 10.7 Å². The molecule has 0 fully saturated rings. The fraction of sp³-hybridized carbons (Fsp3) is 0.115. The van der Waals surface area contributed by atoms with Gasteiger partial charge in [0.2, 0.25) is 0 Å². The minimum atomic E-state index is -0.620. The third-order valence-corrected chi connectivity index (χ3v) is 5.43. The summed E-state index contributed by atoms with van der Waals surface area (Å²) in [6.07, 6.45) is 1.36. The molecule has 2 N–H and O–H groups in total. The predicted octanol–water partition coefficient (Wildman–Crippen LogP) is 6.61. The molecule has 3 aromatic rings. The van der Waals surface area contributed by atoms with Crippen LogP contribution in [-0.2, 0) is 9.59 Å². The van der Waals surface area contributed by atoms with Crippen molar-refractivity contribution in [1.29, 1.82) is 5.26 Å². The maximum Gasteiger partial charge on any atom is 0.266 e. The highest BCUT2D eigenvalue weighted by atomic mass is 35.5. The largest absolute Gasteiger partial charge is 0.490 e. The molecule has 0 aliphatic rings. The Kier molecular flexibility index (Phi) is 9.60. The maximum atomic E-state index is 12.6. The summed E-state index contributed by atoms with van der Waals surface area (Å²) in [5.41, 5.74) is 1.15. The third-order valence-electron chi connectivity index (χ3n) is 4.59. The summed E-state index contributed by atoms with van der Waals surface area (Å²) in [7, 11) is 0. The number of nitriles is 1. The van der Waals surface area contributed by atoms with Crippen LogP contribution < -0.4 is 20.1 Å². The summed E-state index contributed by atoms with van der Waals surface area (Å²) in [5.74, 6) is -0.679. The maximum absolute atomic E-state index is 12.6. The van der Waals surface area contributed by atoms with Gasteiger partial charge >= 0.3 is 0 Å². The number of carbonyl (C=O) groups is 2. The van der Waals surface area contributed by atoms with Gasteiger partial charge in [0.05, 0.1) is 22.3 Å². The molecule has 0 saturated carbocycles. The molecule has 3 aromatic carbocycles. The Morgan fingerprint density at radius 1 is 0.972 bits per heavy atom. The Morgan fingerprint density at radius 2 is 1.75 bits per heavy atom. The summed E-state index contributed by atoms with van der Waals surface area (Å²) < 4.78 is 11.3. The van der Waals surface area contributed by atoms with Gasteiger partial charge in [-0.1, -0.05) is 53.0 Å². The standard InChI is InChI=1S/C26H20Cl3N3O4/c1-2-35-23-12-16(10-17(14-30)26(34)31-19-7-5-6-18(27)13-19)11-21(29)25(23)36-15-24(33)32-22-9-4-3-8-20(22)28/h3-13H,2,15H2,1H3,(H,31,34)(H,32,33)/b17-10-. The molecule has 0 atom stereocenters. The second kappa shape index (κ2) is 12.8. The van der Waals surface area contributed by atoms with E-state index >= 15 is 0 Å². The molecular weight excluding hydrogens is 525 g/mol. The van der Waals surface area contributed by atoms with Crippen molar-refractivity contribution in [3.63, 3.8) is 0 Å². The lowest BCUT2D eigenvalue weighted by atomic mass is 10.1. The lowest BCUT2D eigenvalue weighted by Gasteiger charge is -2.15. The van der Waals surface area contributed by atoms with E-state index in [-0.39, 0.29) is 35.3 Å². The predicted molar refractivity (Wildman–Crippen MR) is 142 cm³/mol. The lowest BCUT2D eigenvalue weighted by molar-refractivity contribution is -0.118. The number of nitrogens with zero attached hydrogens (tertiary/aromatic N) is 1. The van der Waals surface area contributed by atoms with Crippen molar-refractivity contribution >= 4 is 64.1 Å². The number of carbonyl (C=O) groups excluding carboxylic acids is 2. The second-order valence-corrected chi connectivity index (χ2v) is 8.46. The number of halogens is 3. The number of hydrogen-bond acceptors (Lipinski definition) is 5. The SMILES string of the molecule is CCOc1cc(/C=C(/C#N)C(=O)Nc2cccc(Cl)c2)cc(Cl)c1OCC(=O)Nc1ccccc1Cl. The van der Waals surface area contributed by atoms with Crippen molar-refractivity contribution < 1.29 is 19.1 Å². The number of anilines is 2. The molecule has 3 rings (SSSR count). The molecule has 0 aromatic heterocycles. The Balaban J connectivity index is 1.78. The van der Waals surface area contributed by atoms with Crippen LogP contribution in [0.5, 0.6) is 11.5 Å². The van der Waals surface area contributed by atoms with Crippen LogP contribution in [0.4, 0.5) is 11.4 Å². The smallest absolute Gasteiger partial charge is 0.266 e. The van der Waals surface area contributed by atoms with Gasteiger partial charge in [0.25, 0.3) is 11.8 Å². The van der Waals surface area contributed by atoms with E-state index < -0.39 is 11.8 Å². The summed E-state index contributed by atoms with van der Waals surface area (Å²) in [4.78, 5) is 24.9. The normalized spacial score (nSPS) is 10.8. The van der Waals surface area contributed by atoms with Gasteiger partial charge in [-0.25, -0.2) is 0 Å². The van der Waals surface area contributed by atoms with Gasteiger partial charge in [-0.15, -0.1) is 0 Å². The zero-order valence-electron chi connectivity index (χ0n) is 19.0. The van der Waals surface area contributed by atoms with Crippen molar-refractivity contribution in [2.45, 2.75) is 6.92 Å². The van der Waals surface area contributed by atoms with Gasteiger partial charge < -0.3 is 20.1 Å². The minimum absolute atomic E-state index is 0.130. The van der Waals surface area contributed by atoms with Crippen molar-refractivity contribution in [1.82, 2.24) is 0 Å². The minimum Gasteiger partial charge on any atom is -0.490 e. The van der Waals surface area contributed by atoms with Crippen LogP contribution in [0.3, 0.4) is 0 Å². The van der Waals surface area contributed by atoms with Gasteiger partial charge in [-0.3, -0.25) is 9.59 Å². The zero-order valence-corrected chi connectivity index (χ0v) is 21.2. The first-order valence-electron chi connectivity index (χ1n) is 10.6. The van der Waals surface area contributed by atoms with Crippen LogP contribution in [0.15, 0.2) is 66.2 Å². The monoisotopic (exact) mass is 543 g/mol. The van der Waals surface area contributed by atoms with Crippen LogP contribution >= 0.6 is 34.8 Å². The highest BCUT2D eigenvalue weighted by Crippen LogP contribution is 2.37. The molecule has 10 heteroatoms. The third kappa shape index (κ3) is 7.40. The number of hydrogen-bond donors (Lipinski definition) is 2. The second-order valence-electron chi connectivity index (χ2n) is 7.21. The molecule has 36 heavy (non-hydrogen) atoms. The van der Waals surface area contributed by atoms with Gasteiger partial charge in [0.1, 0.15) is 11.6 Å². The molecule has 7 nitrogen and oxygen atoms in total. The average molecular weight is 545 g/mol. The van der Waals surface area contributed by atoms with E-state index in [1.165, 1.54) is 12.1 Å². The number of nitrogens with one attached hydrogen (secondary N) is 2. The molecule has 0 saturated heterocycles. The van der Waals surface area contributed by atoms with E-state index in [1.54, 1.807) is 61.5 Å². The fourth-order valence-corrected chi connectivity index (χ4v) is 3.69. The molecule has 0 spiro atoms. The van der Waals surface area contributed by atoms with Gasteiger partial charge in [0.15, 0.2) is 18.1 Å².